The highest BCUT2D eigenvalue weighted by Gasteiger charge is 2.20. The van der Waals surface area contributed by atoms with E-state index in [0.29, 0.717) is 30.0 Å². The van der Waals surface area contributed by atoms with Crippen molar-refractivity contribution in [3.8, 4) is 0 Å². The Morgan fingerprint density at radius 2 is 2.26 bits per heavy atom. The molecule has 23 heavy (non-hydrogen) atoms. The molecule has 1 aromatic rings. The molecule has 0 spiro atoms. The Labute approximate surface area is 132 Å². The summed E-state index contributed by atoms with van der Waals surface area (Å²) < 4.78 is 9.67. The Hall–Kier alpha value is -2.77. The van der Waals surface area contributed by atoms with Crippen LogP contribution in [-0.4, -0.2) is 35.8 Å². The molecule has 0 atom stereocenters. The van der Waals surface area contributed by atoms with E-state index < -0.39 is 4.92 Å². The topological polar surface area (TPSA) is 108 Å². The quantitative estimate of drug-likeness (QED) is 0.451. The van der Waals surface area contributed by atoms with E-state index in [1.54, 1.807) is 13.0 Å². The van der Waals surface area contributed by atoms with E-state index in [-0.39, 0.29) is 37.1 Å². The first-order valence-corrected chi connectivity index (χ1v) is 7.14. The van der Waals surface area contributed by atoms with Crippen molar-refractivity contribution in [2.75, 3.05) is 13.2 Å². The highest BCUT2D eigenvalue weighted by atomic mass is 16.6. The van der Waals surface area contributed by atoms with Crippen LogP contribution >= 0.6 is 0 Å². The van der Waals surface area contributed by atoms with E-state index in [0.717, 1.165) is 0 Å². The van der Waals surface area contributed by atoms with Gasteiger partial charge in [0.1, 0.15) is 6.61 Å². The van der Waals surface area contributed by atoms with Crippen molar-refractivity contribution < 1.29 is 24.0 Å². The monoisotopic (exact) mass is 320 g/mol. The second kappa shape index (κ2) is 7.48. The van der Waals surface area contributed by atoms with Crippen LogP contribution in [0.15, 0.2) is 23.2 Å². The molecule has 1 fully saturated rings. The van der Waals surface area contributed by atoms with Gasteiger partial charge in [-0.15, -0.1) is 0 Å². The van der Waals surface area contributed by atoms with Crippen LogP contribution in [-0.2, 0) is 25.5 Å². The molecule has 1 saturated heterocycles. The number of hydrogen-bond donors (Lipinski definition) is 0. The van der Waals surface area contributed by atoms with Crippen LogP contribution in [0.5, 0.6) is 0 Å². The number of carbonyl (C=O) groups is 2. The average Bonchev–Trinajstić information content (AvgIpc) is 2.91. The molecule has 122 valence electrons. The van der Waals surface area contributed by atoms with Gasteiger partial charge in [-0.1, -0.05) is 6.07 Å². The second-order valence-electron chi connectivity index (χ2n) is 4.89. The Kier molecular flexibility index (Phi) is 5.40. The molecule has 1 aliphatic rings. The van der Waals surface area contributed by atoms with Gasteiger partial charge in [0, 0.05) is 18.6 Å². The minimum Gasteiger partial charge on any atom is -0.466 e. The van der Waals surface area contributed by atoms with Crippen LogP contribution in [0, 0.1) is 10.1 Å². The zero-order valence-electron chi connectivity index (χ0n) is 12.6. The van der Waals surface area contributed by atoms with Crippen molar-refractivity contribution >= 4 is 29.0 Å². The smallest absolute Gasteiger partial charge is 0.312 e. The Morgan fingerprint density at radius 3 is 2.87 bits per heavy atom. The van der Waals surface area contributed by atoms with Gasteiger partial charge in [-0.3, -0.25) is 24.7 Å². The number of rotatable bonds is 6. The first-order valence-electron chi connectivity index (χ1n) is 7.14. The molecule has 1 aliphatic heterocycles. The summed E-state index contributed by atoms with van der Waals surface area (Å²) in [5.41, 5.74) is 1.45. The molecular formula is C15H16N2O6. The third kappa shape index (κ3) is 4.60. The molecule has 0 saturated carbocycles. The van der Waals surface area contributed by atoms with E-state index in [1.807, 2.05) is 0 Å². The van der Waals surface area contributed by atoms with E-state index in [9.17, 15) is 19.7 Å². The van der Waals surface area contributed by atoms with Crippen molar-refractivity contribution in [3.63, 3.8) is 0 Å². The summed E-state index contributed by atoms with van der Waals surface area (Å²) in [5.74, 6) is -0.717. The fourth-order valence-corrected chi connectivity index (χ4v) is 2.13. The lowest BCUT2D eigenvalue weighted by Crippen LogP contribution is -2.05. The van der Waals surface area contributed by atoms with Crippen molar-refractivity contribution in [2.45, 2.75) is 26.2 Å². The zero-order valence-corrected chi connectivity index (χ0v) is 12.6. The second-order valence-corrected chi connectivity index (χ2v) is 4.89. The largest absolute Gasteiger partial charge is 0.466 e. The Bertz CT molecular complexity index is 668. The zero-order chi connectivity index (χ0) is 16.8. The molecule has 0 aliphatic carbocycles. The van der Waals surface area contributed by atoms with Crippen molar-refractivity contribution in [1.82, 2.24) is 0 Å². The minimum atomic E-state index is -0.519. The molecule has 0 N–H and O–H groups in total. The lowest BCUT2D eigenvalue weighted by Gasteiger charge is -2.06. The van der Waals surface area contributed by atoms with Gasteiger partial charge in [0.25, 0.3) is 5.69 Å². The van der Waals surface area contributed by atoms with Crippen LogP contribution < -0.4 is 0 Å². The lowest BCUT2D eigenvalue weighted by atomic mass is 10.1. The summed E-state index contributed by atoms with van der Waals surface area (Å²) in [6.07, 6.45) is 0.566. The number of non-ortho nitro benzene ring substituents is 1. The molecule has 1 aromatic carbocycles. The van der Waals surface area contributed by atoms with Crippen LogP contribution in [0.2, 0.25) is 0 Å². The highest BCUT2D eigenvalue weighted by molar-refractivity contribution is 6.05. The SMILES string of the molecule is CCOC(=O)CCc1ccc([N+](=O)[O-])cc1N=C1COC(=O)C1. The van der Waals surface area contributed by atoms with E-state index >= 15 is 0 Å². The summed E-state index contributed by atoms with van der Waals surface area (Å²) >= 11 is 0. The molecule has 0 radical (unpaired) electrons. The number of aliphatic imine (C=N–C) groups is 1. The van der Waals surface area contributed by atoms with Crippen LogP contribution in [0.25, 0.3) is 0 Å². The molecule has 0 unspecified atom stereocenters. The van der Waals surface area contributed by atoms with Gasteiger partial charge in [0.15, 0.2) is 0 Å². The summed E-state index contributed by atoms with van der Waals surface area (Å²) in [5, 5.41) is 10.9. The van der Waals surface area contributed by atoms with Gasteiger partial charge < -0.3 is 9.47 Å². The number of cyclic esters (lactones) is 1. The van der Waals surface area contributed by atoms with Gasteiger partial charge >= 0.3 is 11.9 Å². The number of aryl methyl sites for hydroxylation is 1. The van der Waals surface area contributed by atoms with E-state index in [2.05, 4.69) is 4.99 Å². The maximum absolute atomic E-state index is 11.5. The third-order valence-corrected chi connectivity index (χ3v) is 3.21. The number of carbonyl (C=O) groups excluding carboxylic acids is 2. The number of nitrogens with zero attached hydrogens (tertiary/aromatic N) is 2. The average molecular weight is 320 g/mol. The number of esters is 2. The van der Waals surface area contributed by atoms with Crippen LogP contribution in [0.1, 0.15) is 25.3 Å². The van der Waals surface area contributed by atoms with Gasteiger partial charge in [0.2, 0.25) is 0 Å². The Morgan fingerprint density at radius 1 is 1.48 bits per heavy atom. The van der Waals surface area contributed by atoms with Gasteiger partial charge in [-0.05, 0) is 18.9 Å². The fraction of sp³-hybridized carbons (Fsp3) is 0.400. The summed E-state index contributed by atoms with van der Waals surface area (Å²) in [6.45, 7) is 2.10. The first-order chi connectivity index (χ1) is 11.0. The van der Waals surface area contributed by atoms with Gasteiger partial charge in [-0.25, -0.2) is 0 Å². The summed E-state index contributed by atoms with van der Waals surface area (Å²) in [6, 6.07) is 4.26. The minimum absolute atomic E-state index is 0.0695. The molecule has 8 nitrogen and oxygen atoms in total. The predicted molar refractivity (Wildman–Crippen MR) is 80.7 cm³/mol. The molecule has 2 rings (SSSR count). The number of nitro groups is 1. The van der Waals surface area contributed by atoms with E-state index in [4.69, 9.17) is 9.47 Å². The van der Waals surface area contributed by atoms with Crippen LogP contribution in [0.3, 0.4) is 0 Å². The predicted octanol–water partition coefficient (Wildman–Crippen LogP) is 2.11. The van der Waals surface area contributed by atoms with Crippen molar-refractivity contribution in [1.29, 1.82) is 0 Å². The number of nitro benzene ring substituents is 1. The standard InChI is InChI=1S/C15H16N2O6/c1-2-22-14(18)6-4-10-3-5-12(17(20)21)8-13(10)16-11-7-15(19)23-9-11/h3,5,8H,2,4,6-7,9H2,1H3. The van der Waals surface area contributed by atoms with Gasteiger partial charge in [-0.2, -0.15) is 0 Å². The third-order valence-electron chi connectivity index (χ3n) is 3.21. The van der Waals surface area contributed by atoms with Crippen molar-refractivity contribution in [3.05, 3.63) is 33.9 Å². The number of hydrogen-bond acceptors (Lipinski definition) is 7. The van der Waals surface area contributed by atoms with Crippen molar-refractivity contribution in [2.24, 2.45) is 4.99 Å². The first kappa shape index (κ1) is 16.6. The maximum Gasteiger partial charge on any atom is 0.312 e. The molecule has 0 amide bonds. The molecular weight excluding hydrogens is 304 g/mol. The maximum atomic E-state index is 11.5. The number of ether oxygens (including phenoxy) is 2. The molecule has 1 heterocycles. The van der Waals surface area contributed by atoms with Crippen LogP contribution in [0.4, 0.5) is 11.4 Å². The highest BCUT2D eigenvalue weighted by Crippen LogP contribution is 2.27. The molecule has 0 aromatic heterocycles. The Balaban J connectivity index is 2.24. The van der Waals surface area contributed by atoms with E-state index in [1.165, 1.54) is 12.1 Å². The molecule has 0 bridgehead atoms. The lowest BCUT2D eigenvalue weighted by molar-refractivity contribution is -0.384. The summed E-state index contributed by atoms with van der Waals surface area (Å²) in [4.78, 5) is 37.3. The molecule has 8 heteroatoms. The number of benzene rings is 1. The van der Waals surface area contributed by atoms with Gasteiger partial charge in [0.05, 0.1) is 29.4 Å². The fourth-order valence-electron chi connectivity index (χ4n) is 2.13. The summed E-state index contributed by atoms with van der Waals surface area (Å²) in [7, 11) is 0. The normalized spacial score (nSPS) is 15.5.